The monoisotopic (exact) mass is 187 g/mol. The van der Waals surface area contributed by atoms with Crippen LogP contribution in [0.25, 0.3) is 5.69 Å². The molecule has 0 aliphatic carbocycles. The first-order valence-electron chi connectivity index (χ1n) is 4.38. The van der Waals surface area contributed by atoms with Crippen LogP contribution in [0.15, 0.2) is 30.5 Å². The number of aryl methyl sites for hydroxylation is 1. The molecule has 3 nitrogen and oxygen atoms in total. The third-order valence-corrected chi connectivity index (χ3v) is 2.08. The quantitative estimate of drug-likeness (QED) is 0.718. The van der Waals surface area contributed by atoms with E-state index in [1.54, 1.807) is 18.0 Å². The number of methoxy groups -OCH3 is 1. The molecular formula is C11H11N2O. The van der Waals surface area contributed by atoms with Crippen molar-refractivity contribution in [2.24, 2.45) is 0 Å². The van der Waals surface area contributed by atoms with E-state index >= 15 is 0 Å². The zero-order valence-corrected chi connectivity index (χ0v) is 8.19. The normalized spacial score (nSPS) is 10.1. The van der Waals surface area contributed by atoms with Crippen molar-refractivity contribution in [3.05, 3.63) is 42.2 Å². The third kappa shape index (κ3) is 1.37. The Labute approximate surface area is 82.9 Å². The van der Waals surface area contributed by atoms with Crippen LogP contribution in [-0.4, -0.2) is 16.9 Å². The Morgan fingerprint density at radius 2 is 2.14 bits per heavy atom. The lowest BCUT2D eigenvalue weighted by molar-refractivity contribution is 0.411. The molecule has 3 heteroatoms. The summed E-state index contributed by atoms with van der Waals surface area (Å²) in [7, 11) is 1.65. The van der Waals surface area contributed by atoms with Crippen LogP contribution in [0.1, 0.15) is 5.69 Å². The predicted molar refractivity (Wildman–Crippen MR) is 53.7 cm³/mol. The predicted octanol–water partition coefficient (Wildman–Crippen LogP) is 1.99. The van der Waals surface area contributed by atoms with Gasteiger partial charge in [0.1, 0.15) is 11.4 Å². The lowest BCUT2D eigenvalue weighted by Crippen LogP contribution is -2.00. The first-order valence-corrected chi connectivity index (χ1v) is 4.38. The first kappa shape index (κ1) is 8.81. The second-order valence-electron chi connectivity index (χ2n) is 2.96. The molecule has 0 aliphatic heterocycles. The Morgan fingerprint density at radius 3 is 2.79 bits per heavy atom. The lowest BCUT2D eigenvalue weighted by Gasteiger charge is -2.08. The molecule has 1 radical (unpaired) electrons. The van der Waals surface area contributed by atoms with Gasteiger partial charge < -0.3 is 4.74 Å². The minimum atomic E-state index is 0.813. The number of hydrogen-bond acceptors (Lipinski definition) is 2. The minimum Gasteiger partial charge on any atom is -0.494 e. The molecule has 71 valence electrons. The third-order valence-electron chi connectivity index (χ3n) is 2.08. The molecule has 0 unspecified atom stereocenters. The van der Waals surface area contributed by atoms with Crippen molar-refractivity contribution in [2.75, 3.05) is 7.11 Å². The van der Waals surface area contributed by atoms with Gasteiger partial charge in [0.15, 0.2) is 0 Å². The zero-order valence-electron chi connectivity index (χ0n) is 8.19. The standard InChI is InChI=1S/C11H11N2O/c1-9-7-8-12-13(9)10-5-3-4-6-11(10)14-2/h3-6,8H,1-2H3. The second kappa shape index (κ2) is 3.54. The summed E-state index contributed by atoms with van der Waals surface area (Å²) in [5.74, 6) is 0.813. The topological polar surface area (TPSA) is 27.1 Å². The number of nitrogens with zero attached hydrogens (tertiary/aromatic N) is 2. The van der Waals surface area contributed by atoms with Gasteiger partial charge in [-0.05, 0) is 19.1 Å². The Balaban J connectivity index is 2.56. The molecule has 0 spiro atoms. The number of benzene rings is 1. The fraction of sp³-hybridized carbons (Fsp3) is 0.182. The van der Waals surface area contributed by atoms with Crippen LogP contribution in [-0.2, 0) is 0 Å². The van der Waals surface area contributed by atoms with Crippen LogP contribution < -0.4 is 4.74 Å². The van der Waals surface area contributed by atoms with Crippen molar-refractivity contribution in [1.29, 1.82) is 0 Å². The fourth-order valence-corrected chi connectivity index (χ4v) is 1.38. The van der Waals surface area contributed by atoms with Crippen molar-refractivity contribution >= 4 is 0 Å². The Bertz CT molecular complexity index is 434. The number of rotatable bonds is 2. The Morgan fingerprint density at radius 1 is 1.36 bits per heavy atom. The van der Waals surface area contributed by atoms with Crippen molar-refractivity contribution in [1.82, 2.24) is 9.78 Å². The van der Waals surface area contributed by atoms with Gasteiger partial charge in [-0.3, -0.25) is 0 Å². The highest BCUT2D eigenvalue weighted by molar-refractivity contribution is 5.46. The van der Waals surface area contributed by atoms with Gasteiger partial charge in [0, 0.05) is 11.8 Å². The molecule has 2 aromatic rings. The van der Waals surface area contributed by atoms with Crippen molar-refractivity contribution in [2.45, 2.75) is 6.92 Å². The highest BCUT2D eigenvalue weighted by atomic mass is 16.5. The van der Waals surface area contributed by atoms with E-state index in [-0.39, 0.29) is 0 Å². The van der Waals surface area contributed by atoms with Crippen LogP contribution in [0.4, 0.5) is 0 Å². The van der Waals surface area contributed by atoms with Crippen LogP contribution in [0.3, 0.4) is 0 Å². The summed E-state index contributed by atoms with van der Waals surface area (Å²) in [5.41, 5.74) is 1.91. The summed E-state index contributed by atoms with van der Waals surface area (Å²) in [5, 5.41) is 4.18. The Kier molecular flexibility index (Phi) is 2.23. The summed E-state index contributed by atoms with van der Waals surface area (Å²) < 4.78 is 7.05. The fourth-order valence-electron chi connectivity index (χ4n) is 1.38. The summed E-state index contributed by atoms with van der Waals surface area (Å²) in [6, 6.07) is 10.8. The van der Waals surface area contributed by atoms with E-state index in [0.29, 0.717) is 0 Å². The minimum absolute atomic E-state index is 0.813. The van der Waals surface area contributed by atoms with Crippen LogP contribution in [0.2, 0.25) is 0 Å². The lowest BCUT2D eigenvalue weighted by atomic mass is 10.3. The van der Waals surface area contributed by atoms with E-state index in [1.165, 1.54) is 0 Å². The molecule has 0 saturated heterocycles. The highest BCUT2D eigenvalue weighted by Gasteiger charge is 2.06. The smallest absolute Gasteiger partial charge is 0.144 e. The SMILES string of the molecule is COc1ccccc1-n1nc[c]c1C. The molecule has 2 rings (SSSR count). The van der Waals surface area contributed by atoms with E-state index in [9.17, 15) is 0 Å². The van der Waals surface area contributed by atoms with Gasteiger partial charge in [-0.15, -0.1) is 0 Å². The van der Waals surface area contributed by atoms with Gasteiger partial charge >= 0.3 is 0 Å². The van der Waals surface area contributed by atoms with Gasteiger partial charge in [0.2, 0.25) is 0 Å². The zero-order chi connectivity index (χ0) is 9.97. The van der Waals surface area contributed by atoms with Crippen molar-refractivity contribution < 1.29 is 4.74 Å². The highest BCUT2D eigenvalue weighted by Crippen LogP contribution is 2.21. The van der Waals surface area contributed by atoms with E-state index in [4.69, 9.17) is 4.74 Å². The van der Waals surface area contributed by atoms with E-state index < -0.39 is 0 Å². The molecule has 0 saturated carbocycles. The first-order chi connectivity index (χ1) is 6.83. The molecule has 14 heavy (non-hydrogen) atoms. The summed E-state index contributed by atoms with van der Waals surface area (Å²) in [6.07, 6.45) is 1.65. The largest absolute Gasteiger partial charge is 0.494 e. The van der Waals surface area contributed by atoms with Gasteiger partial charge in [-0.25, -0.2) is 4.68 Å². The average molecular weight is 187 g/mol. The number of hydrogen-bond donors (Lipinski definition) is 0. The molecule has 0 amide bonds. The molecule has 0 fully saturated rings. The summed E-state index contributed by atoms with van der Waals surface area (Å²) in [4.78, 5) is 0. The molecule has 1 aromatic heterocycles. The van der Waals surface area contributed by atoms with Crippen LogP contribution >= 0.6 is 0 Å². The van der Waals surface area contributed by atoms with Gasteiger partial charge in [-0.1, -0.05) is 12.1 Å². The van der Waals surface area contributed by atoms with E-state index in [1.807, 2.05) is 31.2 Å². The molecule has 0 aliphatic rings. The summed E-state index contributed by atoms with van der Waals surface area (Å²) >= 11 is 0. The maximum atomic E-state index is 5.25. The van der Waals surface area contributed by atoms with Crippen molar-refractivity contribution in [3.63, 3.8) is 0 Å². The molecule has 1 heterocycles. The van der Waals surface area contributed by atoms with Gasteiger partial charge in [0.05, 0.1) is 13.3 Å². The molecule has 0 atom stereocenters. The van der Waals surface area contributed by atoms with Crippen LogP contribution in [0.5, 0.6) is 5.75 Å². The number of ether oxygens (including phenoxy) is 1. The van der Waals surface area contributed by atoms with Crippen LogP contribution in [0, 0.1) is 13.0 Å². The second-order valence-corrected chi connectivity index (χ2v) is 2.96. The van der Waals surface area contributed by atoms with E-state index in [2.05, 4.69) is 11.2 Å². The summed E-state index contributed by atoms with van der Waals surface area (Å²) in [6.45, 7) is 1.96. The molecular weight excluding hydrogens is 176 g/mol. The van der Waals surface area contributed by atoms with E-state index in [0.717, 1.165) is 17.1 Å². The maximum absolute atomic E-state index is 5.25. The van der Waals surface area contributed by atoms with Gasteiger partial charge in [0.25, 0.3) is 0 Å². The average Bonchev–Trinajstić information content (AvgIpc) is 2.64. The number of aromatic nitrogens is 2. The number of para-hydroxylation sites is 2. The molecule has 0 N–H and O–H groups in total. The molecule has 1 aromatic carbocycles. The Hall–Kier alpha value is -1.77. The maximum Gasteiger partial charge on any atom is 0.144 e. The van der Waals surface area contributed by atoms with Gasteiger partial charge in [-0.2, -0.15) is 5.10 Å². The molecule has 0 bridgehead atoms. The van der Waals surface area contributed by atoms with Crippen molar-refractivity contribution in [3.8, 4) is 11.4 Å².